The zero-order chi connectivity index (χ0) is 27.5. The number of ether oxygens (including phenoxy) is 2. The number of carbonyl (C=O) groups excluding carboxylic acids is 2. The molecule has 202 valence electrons. The molecule has 1 fully saturated rings. The molecule has 3 N–H and O–H groups in total. The average Bonchev–Trinajstić information content (AvgIpc) is 2.82. The standard InChI is InChI=1S/C26H31F4N3O4/c1-14(2)22(15-6-11-20(18(27)12-15)37-26(28,29)30)33-23(35)19-13-21(34)32-24(31-19)25(3,4)16-7-9-17(36-5)10-8-16/h6-12,14,19,22,24,31H,13H2,1-5H3,(H,32,34)(H,33,35)/t19?,22-,24?/m1/s1. The van der Waals surface area contributed by atoms with Crippen molar-refractivity contribution in [1.82, 2.24) is 16.0 Å². The molecule has 3 atom stereocenters. The van der Waals surface area contributed by atoms with Gasteiger partial charge in [-0.1, -0.05) is 45.9 Å². The van der Waals surface area contributed by atoms with Crippen molar-refractivity contribution in [2.45, 2.75) is 64.1 Å². The van der Waals surface area contributed by atoms with Gasteiger partial charge in [-0.05, 0) is 41.3 Å². The second-order valence-corrected chi connectivity index (χ2v) is 9.84. The first-order chi connectivity index (χ1) is 17.2. The molecule has 0 spiro atoms. The Balaban J connectivity index is 1.77. The Hall–Kier alpha value is -3.34. The summed E-state index contributed by atoms with van der Waals surface area (Å²) in [6.45, 7) is 7.41. The molecule has 3 rings (SSSR count). The second-order valence-electron chi connectivity index (χ2n) is 9.84. The number of rotatable bonds is 8. The van der Waals surface area contributed by atoms with Crippen LogP contribution >= 0.6 is 0 Å². The van der Waals surface area contributed by atoms with Gasteiger partial charge >= 0.3 is 6.36 Å². The molecule has 2 aromatic carbocycles. The Bertz CT molecular complexity index is 1120. The zero-order valence-corrected chi connectivity index (χ0v) is 21.2. The first kappa shape index (κ1) is 28.2. The van der Waals surface area contributed by atoms with Gasteiger partial charge in [0, 0.05) is 5.41 Å². The average molecular weight is 526 g/mol. The van der Waals surface area contributed by atoms with Crippen LogP contribution in [-0.4, -0.2) is 37.5 Å². The molecule has 0 bridgehead atoms. The summed E-state index contributed by atoms with van der Waals surface area (Å²) >= 11 is 0. The predicted molar refractivity (Wildman–Crippen MR) is 128 cm³/mol. The number of alkyl halides is 3. The summed E-state index contributed by atoms with van der Waals surface area (Å²) in [7, 11) is 1.57. The van der Waals surface area contributed by atoms with E-state index in [1.165, 1.54) is 6.07 Å². The summed E-state index contributed by atoms with van der Waals surface area (Å²) in [6, 6.07) is 8.83. The van der Waals surface area contributed by atoms with E-state index in [1.807, 2.05) is 38.1 Å². The van der Waals surface area contributed by atoms with Gasteiger partial charge in [0.2, 0.25) is 11.8 Å². The van der Waals surface area contributed by atoms with E-state index in [2.05, 4.69) is 20.7 Å². The van der Waals surface area contributed by atoms with Crippen LogP contribution in [0.4, 0.5) is 17.6 Å². The van der Waals surface area contributed by atoms with Crippen LogP contribution in [0.1, 0.15) is 51.3 Å². The molecule has 2 unspecified atom stereocenters. The SMILES string of the molecule is COc1ccc(C(C)(C)C2NC(=O)CC(C(=O)N[C@@H](c3ccc(OC(F)(F)F)c(F)c3)C(C)C)N2)cc1. The van der Waals surface area contributed by atoms with E-state index < -0.39 is 47.5 Å². The van der Waals surface area contributed by atoms with Crippen LogP contribution in [0.3, 0.4) is 0 Å². The van der Waals surface area contributed by atoms with Crippen molar-refractivity contribution in [3.63, 3.8) is 0 Å². The van der Waals surface area contributed by atoms with Gasteiger partial charge in [0.05, 0.1) is 31.8 Å². The molecular formula is C26H31F4N3O4. The molecule has 2 amide bonds. The highest BCUT2D eigenvalue weighted by molar-refractivity contribution is 5.90. The van der Waals surface area contributed by atoms with Crippen LogP contribution in [0.15, 0.2) is 42.5 Å². The normalized spacial score (nSPS) is 19.2. The van der Waals surface area contributed by atoms with Crippen molar-refractivity contribution in [2.24, 2.45) is 5.92 Å². The molecule has 11 heteroatoms. The minimum absolute atomic E-state index is 0.113. The molecule has 1 saturated heterocycles. The Morgan fingerprint density at radius 2 is 1.76 bits per heavy atom. The minimum atomic E-state index is -5.03. The van der Waals surface area contributed by atoms with Crippen molar-refractivity contribution >= 4 is 11.8 Å². The number of hydrogen-bond acceptors (Lipinski definition) is 5. The maximum absolute atomic E-state index is 14.3. The number of halogens is 4. The van der Waals surface area contributed by atoms with Gasteiger partial charge in [-0.2, -0.15) is 0 Å². The monoisotopic (exact) mass is 525 g/mol. The maximum Gasteiger partial charge on any atom is 0.573 e. The van der Waals surface area contributed by atoms with Gasteiger partial charge < -0.3 is 20.1 Å². The van der Waals surface area contributed by atoms with E-state index in [4.69, 9.17) is 4.74 Å². The number of amides is 2. The fourth-order valence-corrected chi connectivity index (χ4v) is 4.26. The third kappa shape index (κ3) is 6.91. The number of benzene rings is 2. The van der Waals surface area contributed by atoms with Crippen molar-refractivity contribution in [3.05, 3.63) is 59.4 Å². The summed E-state index contributed by atoms with van der Waals surface area (Å²) < 4.78 is 60.7. The molecule has 1 aliphatic heterocycles. The molecule has 37 heavy (non-hydrogen) atoms. The third-order valence-electron chi connectivity index (χ3n) is 6.44. The third-order valence-corrected chi connectivity index (χ3v) is 6.44. The summed E-state index contributed by atoms with van der Waals surface area (Å²) in [5.74, 6) is -2.51. The van der Waals surface area contributed by atoms with E-state index in [0.29, 0.717) is 5.75 Å². The first-order valence-electron chi connectivity index (χ1n) is 11.8. The molecule has 1 heterocycles. The van der Waals surface area contributed by atoms with Crippen LogP contribution < -0.4 is 25.4 Å². The van der Waals surface area contributed by atoms with Crippen LogP contribution in [0.25, 0.3) is 0 Å². The lowest BCUT2D eigenvalue weighted by atomic mass is 9.80. The smallest absolute Gasteiger partial charge is 0.497 e. The lowest BCUT2D eigenvalue weighted by Gasteiger charge is -2.41. The second kappa shape index (κ2) is 11.0. The highest BCUT2D eigenvalue weighted by Crippen LogP contribution is 2.31. The summed E-state index contributed by atoms with van der Waals surface area (Å²) in [5, 5.41) is 8.91. The Labute approximate surface area is 212 Å². The quantitative estimate of drug-likeness (QED) is 0.447. The Kier molecular flexibility index (Phi) is 8.36. The molecule has 0 aliphatic carbocycles. The molecule has 0 radical (unpaired) electrons. The first-order valence-corrected chi connectivity index (χ1v) is 11.8. The number of nitrogens with one attached hydrogen (secondary N) is 3. The van der Waals surface area contributed by atoms with Crippen molar-refractivity contribution < 1.29 is 36.6 Å². The van der Waals surface area contributed by atoms with E-state index in [1.54, 1.807) is 21.0 Å². The van der Waals surface area contributed by atoms with Gasteiger partial charge in [0.15, 0.2) is 11.6 Å². The van der Waals surface area contributed by atoms with E-state index >= 15 is 0 Å². The zero-order valence-electron chi connectivity index (χ0n) is 21.2. The maximum atomic E-state index is 14.3. The Morgan fingerprint density at radius 1 is 1.11 bits per heavy atom. The van der Waals surface area contributed by atoms with Crippen LogP contribution in [0, 0.1) is 11.7 Å². The van der Waals surface area contributed by atoms with Crippen molar-refractivity contribution in [3.8, 4) is 11.5 Å². The van der Waals surface area contributed by atoms with E-state index in [0.717, 1.165) is 17.7 Å². The highest BCUT2D eigenvalue weighted by Gasteiger charge is 2.40. The van der Waals surface area contributed by atoms with Crippen LogP contribution in [0.5, 0.6) is 11.5 Å². The van der Waals surface area contributed by atoms with Crippen molar-refractivity contribution in [1.29, 1.82) is 0 Å². The Morgan fingerprint density at radius 3 is 2.30 bits per heavy atom. The minimum Gasteiger partial charge on any atom is -0.497 e. The molecule has 0 aromatic heterocycles. The summed E-state index contributed by atoms with van der Waals surface area (Å²) in [5.41, 5.74) is 0.574. The molecule has 7 nitrogen and oxygen atoms in total. The van der Waals surface area contributed by atoms with E-state index in [9.17, 15) is 27.2 Å². The number of hydrogen-bond donors (Lipinski definition) is 3. The molecular weight excluding hydrogens is 494 g/mol. The number of carbonyl (C=O) groups is 2. The summed E-state index contributed by atoms with van der Waals surface area (Å²) in [4.78, 5) is 25.8. The number of methoxy groups -OCH3 is 1. The largest absolute Gasteiger partial charge is 0.573 e. The van der Waals surface area contributed by atoms with E-state index in [-0.39, 0.29) is 23.8 Å². The van der Waals surface area contributed by atoms with Crippen molar-refractivity contribution in [2.75, 3.05) is 7.11 Å². The predicted octanol–water partition coefficient (Wildman–Crippen LogP) is 4.33. The van der Waals surface area contributed by atoms with Crippen LogP contribution in [0.2, 0.25) is 0 Å². The lowest BCUT2D eigenvalue weighted by Crippen LogP contribution is -2.66. The van der Waals surface area contributed by atoms with Crippen LogP contribution in [-0.2, 0) is 15.0 Å². The topological polar surface area (TPSA) is 88.7 Å². The highest BCUT2D eigenvalue weighted by atomic mass is 19.4. The van der Waals surface area contributed by atoms with Gasteiger partial charge in [0.25, 0.3) is 0 Å². The lowest BCUT2D eigenvalue weighted by molar-refractivity contribution is -0.275. The fourth-order valence-electron chi connectivity index (χ4n) is 4.26. The van der Waals surface area contributed by atoms with Gasteiger partial charge in [-0.25, -0.2) is 4.39 Å². The van der Waals surface area contributed by atoms with Gasteiger partial charge in [0.1, 0.15) is 5.75 Å². The summed E-state index contributed by atoms with van der Waals surface area (Å²) in [6.07, 6.45) is -5.72. The fraction of sp³-hybridized carbons (Fsp3) is 0.462. The molecule has 0 saturated carbocycles. The molecule has 1 aliphatic rings. The molecule has 2 aromatic rings. The van der Waals surface area contributed by atoms with Gasteiger partial charge in [-0.15, -0.1) is 13.2 Å². The van der Waals surface area contributed by atoms with Gasteiger partial charge in [-0.3, -0.25) is 14.9 Å².